The summed E-state index contributed by atoms with van der Waals surface area (Å²) in [6.07, 6.45) is -13.2. The van der Waals surface area contributed by atoms with Crippen LogP contribution >= 0.6 is 0 Å². The highest BCUT2D eigenvalue weighted by atomic mass is 19.4. The lowest BCUT2D eigenvalue weighted by Gasteiger charge is -2.33. The molecule has 0 radical (unpaired) electrons. The Kier molecular flexibility index (Phi) is 5.35. The second-order valence-corrected chi connectivity index (χ2v) is 7.33. The maximum atomic E-state index is 13.6. The largest absolute Gasteiger partial charge is 0.431 e. The fourth-order valence-corrected chi connectivity index (χ4v) is 3.57. The van der Waals surface area contributed by atoms with E-state index in [0.717, 1.165) is 12.4 Å². The van der Waals surface area contributed by atoms with E-state index < -0.39 is 52.9 Å². The average Bonchev–Trinajstić information content (AvgIpc) is 2.71. The van der Waals surface area contributed by atoms with Gasteiger partial charge < -0.3 is 15.0 Å². The number of nitrogens with zero attached hydrogens (tertiary/aromatic N) is 4. The standard InChI is InChI=1S/C18H16F6N6O2/c1-8-6-30(3-2-25-8)11-5-9(17(19,20)21)4-10(28-11)13-12-14(18(22,23)24)32-16(31)29-15(12)27-7-26-13/h4-5,7-8,14,25H,2-3,6H2,1H3,(H,26,27,29,31)/t8-,14-/m0/s1. The van der Waals surface area contributed by atoms with Gasteiger partial charge >= 0.3 is 18.4 Å². The molecule has 1 fully saturated rings. The van der Waals surface area contributed by atoms with Gasteiger partial charge in [-0.05, 0) is 19.1 Å². The van der Waals surface area contributed by atoms with Gasteiger partial charge in [-0.2, -0.15) is 26.3 Å². The average molecular weight is 462 g/mol. The topological polar surface area (TPSA) is 92.3 Å². The van der Waals surface area contributed by atoms with E-state index in [1.165, 1.54) is 0 Å². The van der Waals surface area contributed by atoms with E-state index in [1.807, 2.05) is 12.2 Å². The number of halogens is 6. The molecule has 2 aliphatic rings. The third-order valence-electron chi connectivity index (χ3n) is 4.96. The van der Waals surface area contributed by atoms with Crippen molar-refractivity contribution in [2.45, 2.75) is 31.4 Å². The monoisotopic (exact) mass is 462 g/mol. The van der Waals surface area contributed by atoms with Crippen LogP contribution in [0.3, 0.4) is 0 Å². The predicted molar refractivity (Wildman–Crippen MR) is 98.8 cm³/mol. The van der Waals surface area contributed by atoms with Gasteiger partial charge in [-0.25, -0.2) is 19.7 Å². The summed E-state index contributed by atoms with van der Waals surface area (Å²) in [5, 5.41) is 5.17. The fraction of sp³-hybridized carbons (Fsp3) is 0.444. The number of ether oxygens (including phenoxy) is 1. The minimum Gasteiger partial charge on any atom is -0.431 e. The number of carbonyl (C=O) groups is 1. The van der Waals surface area contributed by atoms with Gasteiger partial charge in [0.25, 0.3) is 0 Å². The van der Waals surface area contributed by atoms with Gasteiger partial charge in [0.1, 0.15) is 23.7 Å². The zero-order valence-electron chi connectivity index (χ0n) is 16.4. The van der Waals surface area contributed by atoms with Crippen molar-refractivity contribution in [3.63, 3.8) is 0 Å². The van der Waals surface area contributed by atoms with Crippen LogP contribution in [0, 0.1) is 0 Å². The van der Waals surface area contributed by atoms with Crippen LogP contribution in [0.2, 0.25) is 0 Å². The Hall–Kier alpha value is -3.16. The molecule has 2 atom stereocenters. The first-order valence-electron chi connectivity index (χ1n) is 9.40. The van der Waals surface area contributed by atoms with Crippen LogP contribution in [0.4, 0.5) is 42.8 Å². The number of hydrogen-bond donors (Lipinski definition) is 2. The third-order valence-corrected chi connectivity index (χ3v) is 4.96. The Bertz CT molecular complexity index is 1040. The van der Waals surface area contributed by atoms with Gasteiger partial charge in [-0.15, -0.1) is 0 Å². The molecule has 1 amide bonds. The quantitative estimate of drug-likeness (QED) is 0.660. The SMILES string of the molecule is C[C@H]1CN(c2cc(C(F)(F)F)cc(-c3ncnc4c3[C@@H](C(F)(F)F)OC(=O)N4)n2)CCN1. The number of aromatic nitrogens is 3. The van der Waals surface area contributed by atoms with Crippen LogP contribution in [0.5, 0.6) is 0 Å². The molecule has 0 aromatic carbocycles. The third kappa shape index (κ3) is 4.26. The normalized spacial score (nSPS) is 21.6. The summed E-state index contributed by atoms with van der Waals surface area (Å²) in [7, 11) is 0. The van der Waals surface area contributed by atoms with Gasteiger partial charge in [0.15, 0.2) is 0 Å². The molecule has 0 saturated carbocycles. The lowest BCUT2D eigenvalue weighted by molar-refractivity contribution is -0.206. The summed E-state index contributed by atoms with van der Waals surface area (Å²) < 4.78 is 86.0. The molecule has 1 saturated heterocycles. The number of fused-ring (bicyclic) bond motifs is 1. The molecule has 32 heavy (non-hydrogen) atoms. The molecule has 0 bridgehead atoms. The van der Waals surface area contributed by atoms with Crippen LogP contribution < -0.4 is 15.5 Å². The number of cyclic esters (lactones) is 1. The summed E-state index contributed by atoms with van der Waals surface area (Å²) in [5.74, 6) is -0.565. The van der Waals surface area contributed by atoms with Crippen LogP contribution in [-0.4, -0.2) is 52.9 Å². The Morgan fingerprint density at radius 1 is 1.16 bits per heavy atom. The predicted octanol–water partition coefficient (Wildman–Crippen LogP) is 3.52. The molecule has 172 valence electrons. The summed E-state index contributed by atoms with van der Waals surface area (Å²) >= 11 is 0. The van der Waals surface area contributed by atoms with Crippen molar-refractivity contribution in [3.05, 3.63) is 29.6 Å². The van der Waals surface area contributed by atoms with Crippen LogP contribution in [0.1, 0.15) is 24.2 Å². The Morgan fingerprint density at radius 2 is 1.91 bits per heavy atom. The molecule has 0 spiro atoms. The second kappa shape index (κ2) is 7.76. The first kappa shape index (κ1) is 22.0. The van der Waals surface area contributed by atoms with Crippen molar-refractivity contribution >= 4 is 17.7 Å². The molecular formula is C18H16F6N6O2. The van der Waals surface area contributed by atoms with Crippen molar-refractivity contribution in [3.8, 4) is 11.4 Å². The number of carbonyl (C=O) groups excluding carboxylic acids is 1. The van der Waals surface area contributed by atoms with Gasteiger partial charge in [0.2, 0.25) is 6.10 Å². The van der Waals surface area contributed by atoms with Gasteiger partial charge in [0.05, 0.1) is 16.8 Å². The van der Waals surface area contributed by atoms with E-state index in [-0.39, 0.29) is 11.9 Å². The molecule has 0 aliphatic carbocycles. The Morgan fingerprint density at radius 3 is 2.56 bits per heavy atom. The van der Waals surface area contributed by atoms with Crippen LogP contribution in [0.25, 0.3) is 11.4 Å². The molecule has 4 rings (SSSR count). The van der Waals surface area contributed by atoms with Crippen molar-refractivity contribution in [2.75, 3.05) is 29.9 Å². The fourth-order valence-electron chi connectivity index (χ4n) is 3.57. The van der Waals surface area contributed by atoms with E-state index in [9.17, 15) is 31.1 Å². The summed E-state index contributed by atoms with van der Waals surface area (Å²) in [6.45, 7) is 3.03. The molecule has 14 heteroatoms. The molecule has 2 aliphatic heterocycles. The van der Waals surface area contributed by atoms with E-state index in [0.29, 0.717) is 25.7 Å². The number of rotatable bonds is 2. The first-order valence-corrected chi connectivity index (χ1v) is 9.40. The smallest absolute Gasteiger partial charge is 0.430 e. The Balaban J connectivity index is 1.90. The second-order valence-electron chi connectivity index (χ2n) is 7.33. The molecule has 4 heterocycles. The van der Waals surface area contributed by atoms with Crippen molar-refractivity contribution in [2.24, 2.45) is 0 Å². The number of amides is 1. The number of alkyl halides is 6. The van der Waals surface area contributed by atoms with E-state index in [2.05, 4.69) is 25.0 Å². The summed E-state index contributed by atoms with van der Waals surface area (Å²) in [6, 6.07) is 1.42. The minimum absolute atomic E-state index is 0.0337. The molecule has 2 aromatic heterocycles. The molecule has 2 N–H and O–H groups in total. The number of pyridine rings is 1. The highest BCUT2D eigenvalue weighted by molar-refractivity contribution is 5.88. The number of anilines is 2. The maximum absolute atomic E-state index is 13.6. The zero-order valence-corrected chi connectivity index (χ0v) is 16.4. The highest BCUT2D eigenvalue weighted by Crippen LogP contribution is 2.45. The lowest BCUT2D eigenvalue weighted by atomic mass is 10.0. The lowest BCUT2D eigenvalue weighted by Crippen LogP contribution is -2.49. The highest BCUT2D eigenvalue weighted by Gasteiger charge is 2.50. The van der Waals surface area contributed by atoms with Gasteiger partial charge in [-0.3, -0.25) is 5.32 Å². The van der Waals surface area contributed by atoms with Gasteiger partial charge in [-0.1, -0.05) is 0 Å². The van der Waals surface area contributed by atoms with Gasteiger partial charge in [0, 0.05) is 25.7 Å². The van der Waals surface area contributed by atoms with Crippen LogP contribution in [-0.2, 0) is 10.9 Å². The summed E-state index contributed by atoms with van der Waals surface area (Å²) in [4.78, 5) is 24.7. The Labute approximate surface area is 177 Å². The van der Waals surface area contributed by atoms with Crippen LogP contribution in [0.15, 0.2) is 18.5 Å². The number of piperazine rings is 1. The first-order chi connectivity index (χ1) is 14.9. The van der Waals surface area contributed by atoms with Crippen molar-refractivity contribution in [1.29, 1.82) is 0 Å². The number of hydrogen-bond acceptors (Lipinski definition) is 7. The minimum atomic E-state index is -5.05. The molecule has 8 nitrogen and oxygen atoms in total. The van der Waals surface area contributed by atoms with E-state index in [4.69, 9.17) is 0 Å². The van der Waals surface area contributed by atoms with Crippen molar-refractivity contribution < 1.29 is 35.9 Å². The van der Waals surface area contributed by atoms with Crippen molar-refractivity contribution in [1.82, 2.24) is 20.3 Å². The van der Waals surface area contributed by atoms with E-state index in [1.54, 1.807) is 4.90 Å². The maximum Gasteiger partial charge on any atom is 0.430 e. The molecule has 2 aromatic rings. The summed E-state index contributed by atoms with van der Waals surface area (Å²) in [5.41, 5.74) is -2.78. The zero-order chi connectivity index (χ0) is 23.3. The number of nitrogens with one attached hydrogen (secondary N) is 2. The van der Waals surface area contributed by atoms with E-state index >= 15 is 0 Å². The molecule has 0 unspecified atom stereocenters. The molecular weight excluding hydrogens is 446 g/mol.